The Morgan fingerprint density at radius 2 is 1.59 bits per heavy atom. The van der Waals surface area contributed by atoms with Crippen molar-refractivity contribution in [2.24, 2.45) is 17.6 Å². The molecule has 6 rings (SSSR count). The number of benzene rings is 3. The predicted molar refractivity (Wildman–Crippen MR) is 160 cm³/mol. The monoisotopic (exact) mass is 596 g/mol. The highest BCUT2D eigenvalue weighted by atomic mass is 16.5. The van der Waals surface area contributed by atoms with Gasteiger partial charge in [-0.05, 0) is 64.8 Å². The number of aromatic hydroxyl groups is 1. The van der Waals surface area contributed by atoms with Gasteiger partial charge < -0.3 is 36.2 Å². The van der Waals surface area contributed by atoms with Crippen molar-refractivity contribution in [2.45, 2.75) is 38.0 Å². The van der Waals surface area contributed by atoms with Crippen molar-refractivity contribution in [3.63, 3.8) is 0 Å². The van der Waals surface area contributed by atoms with Crippen LogP contribution in [0.5, 0.6) is 11.5 Å². The summed E-state index contributed by atoms with van der Waals surface area (Å²) in [6, 6.07) is 18.9. The van der Waals surface area contributed by atoms with E-state index in [1.54, 1.807) is 13.2 Å². The molecule has 0 bridgehead atoms. The van der Waals surface area contributed by atoms with Crippen molar-refractivity contribution in [3.05, 3.63) is 99.8 Å². The van der Waals surface area contributed by atoms with E-state index >= 15 is 0 Å². The Morgan fingerprint density at radius 3 is 2.20 bits per heavy atom. The van der Waals surface area contributed by atoms with E-state index < -0.39 is 52.0 Å². The molecule has 3 aromatic rings. The van der Waals surface area contributed by atoms with E-state index in [1.165, 1.54) is 6.07 Å². The number of carbonyl (C=O) groups excluding carboxylic acids is 3. The summed E-state index contributed by atoms with van der Waals surface area (Å²) in [7, 11) is 1.63. The molecule has 0 spiro atoms. The fourth-order valence-electron chi connectivity index (χ4n) is 6.79. The SMILES string of the molecule is COc1ccc(CNCc2ccc(-c3ccc(O)c4c3C[C@H]3C[C@H]5CC(=O)C(C(N)=O)=C(O)[C@@]5(O)C(=O)C3=C4O)cc2)cc1. The van der Waals surface area contributed by atoms with Gasteiger partial charge >= 0.3 is 0 Å². The number of nitrogens with two attached hydrogens (primary N) is 1. The highest BCUT2D eigenvalue weighted by Gasteiger charge is 2.60. The van der Waals surface area contributed by atoms with Crippen LogP contribution in [0.1, 0.15) is 35.1 Å². The first-order valence-electron chi connectivity index (χ1n) is 14.3. The fourth-order valence-corrected chi connectivity index (χ4v) is 6.79. The number of amides is 1. The van der Waals surface area contributed by atoms with Gasteiger partial charge in [-0.15, -0.1) is 0 Å². The number of hydrogen-bond acceptors (Lipinski definition) is 9. The smallest absolute Gasteiger partial charge is 0.255 e. The Morgan fingerprint density at radius 1 is 0.955 bits per heavy atom. The number of rotatable bonds is 7. The standard InChI is InChI=1S/C34H32N2O8/c1-44-22-8-4-18(5-9-22)16-36-15-17-2-6-19(7-3-17)23-10-11-25(37)28-24(23)13-20-12-21-14-26(38)29(33(35)42)32(41)34(21,43)31(40)27(20)30(28)39/h2-11,20-21,36-37,39,41,43H,12-16H2,1H3,(H2,35,42)/t20-,21+,34+/m1/s1. The van der Waals surface area contributed by atoms with Crippen molar-refractivity contribution < 1.29 is 39.5 Å². The number of phenols is 1. The molecule has 7 N–H and O–H groups in total. The molecule has 1 saturated carbocycles. The van der Waals surface area contributed by atoms with Crippen molar-refractivity contribution in [1.29, 1.82) is 0 Å². The van der Waals surface area contributed by atoms with E-state index in [-0.39, 0.29) is 36.1 Å². The van der Waals surface area contributed by atoms with Gasteiger partial charge in [-0.1, -0.05) is 42.5 Å². The van der Waals surface area contributed by atoms with E-state index in [0.29, 0.717) is 18.7 Å². The number of aliphatic hydroxyl groups is 3. The van der Waals surface area contributed by atoms with E-state index in [2.05, 4.69) is 5.32 Å². The summed E-state index contributed by atoms with van der Waals surface area (Å²) in [5, 5.41) is 47.7. The summed E-state index contributed by atoms with van der Waals surface area (Å²) in [5.74, 6) is -5.65. The topological polar surface area (TPSA) is 179 Å². The Bertz CT molecular complexity index is 1760. The number of aliphatic hydroxyl groups excluding tert-OH is 2. The van der Waals surface area contributed by atoms with Crippen LogP contribution in [0.3, 0.4) is 0 Å². The predicted octanol–water partition coefficient (Wildman–Crippen LogP) is 3.39. The third-order valence-corrected chi connectivity index (χ3v) is 9.03. The third-order valence-electron chi connectivity index (χ3n) is 9.03. The van der Waals surface area contributed by atoms with Gasteiger partial charge in [-0.2, -0.15) is 0 Å². The summed E-state index contributed by atoms with van der Waals surface area (Å²) < 4.78 is 5.20. The van der Waals surface area contributed by atoms with E-state index in [9.17, 15) is 34.8 Å². The summed E-state index contributed by atoms with van der Waals surface area (Å²) in [5.41, 5.74) is 6.18. The number of carbonyl (C=O) groups is 3. The maximum absolute atomic E-state index is 13.7. The maximum Gasteiger partial charge on any atom is 0.255 e. The molecule has 10 nitrogen and oxygen atoms in total. The van der Waals surface area contributed by atoms with Gasteiger partial charge in [0.15, 0.2) is 11.4 Å². The molecule has 3 aromatic carbocycles. The average molecular weight is 597 g/mol. The first-order chi connectivity index (χ1) is 21.0. The largest absolute Gasteiger partial charge is 0.508 e. The minimum absolute atomic E-state index is 0.0693. The van der Waals surface area contributed by atoms with Crippen LogP contribution in [-0.2, 0) is 33.9 Å². The molecule has 0 aliphatic heterocycles. The molecule has 0 unspecified atom stereocenters. The lowest BCUT2D eigenvalue weighted by Crippen LogP contribution is -2.58. The summed E-state index contributed by atoms with van der Waals surface area (Å²) >= 11 is 0. The summed E-state index contributed by atoms with van der Waals surface area (Å²) in [6.45, 7) is 1.32. The Kier molecular flexibility index (Phi) is 7.27. The second kappa shape index (κ2) is 11.0. The average Bonchev–Trinajstić information content (AvgIpc) is 3.00. The summed E-state index contributed by atoms with van der Waals surface area (Å²) in [4.78, 5) is 38.2. The number of methoxy groups -OCH3 is 1. The van der Waals surface area contributed by atoms with Gasteiger partial charge in [-0.3, -0.25) is 14.4 Å². The first kappa shape index (κ1) is 29.2. The zero-order valence-electron chi connectivity index (χ0n) is 24.0. The molecule has 3 atom stereocenters. The Balaban J connectivity index is 1.29. The quantitative estimate of drug-likeness (QED) is 0.223. The molecule has 44 heavy (non-hydrogen) atoms. The van der Waals surface area contributed by atoms with E-state index in [1.807, 2.05) is 48.5 Å². The molecule has 10 heteroatoms. The van der Waals surface area contributed by atoms with Crippen LogP contribution >= 0.6 is 0 Å². The third kappa shape index (κ3) is 4.63. The van der Waals surface area contributed by atoms with Crippen molar-refractivity contribution in [1.82, 2.24) is 5.32 Å². The Hall–Kier alpha value is -4.93. The van der Waals surface area contributed by atoms with Gasteiger partial charge in [0.2, 0.25) is 5.78 Å². The molecule has 0 aromatic heterocycles. The number of nitrogens with one attached hydrogen (secondary N) is 1. The number of hydrogen-bond donors (Lipinski definition) is 6. The minimum atomic E-state index is -2.58. The van der Waals surface area contributed by atoms with Crippen LogP contribution in [0.2, 0.25) is 0 Å². The highest BCUT2D eigenvalue weighted by molar-refractivity contribution is 6.22. The number of ether oxygens (including phenoxy) is 1. The van der Waals surface area contributed by atoms with Crippen molar-refractivity contribution in [3.8, 4) is 22.6 Å². The lowest BCUT2D eigenvalue weighted by atomic mass is 9.59. The van der Waals surface area contributed by atoms with E-state index in [0.717, 1.165) is 28.0 Å². The molecule has 0 heterocycles. The van der Waals surface area contributed by atoms with Gasteiger partial charge in [-0.25, -0.2) is 0 Å². The second-order valence-electron chi connectivity index (χ2n) is 11.5. The van der Waals surface area contributed by atoms with Gasteiger partial charge in [0.05, 0.1) is 12.7 Å². The lowest BCUT2D eigenvalue weighted by Gasteiger charge is -2.46. The van der Waals surface area contributed by atoms with Crippen LogP contribution in [0.4, 0.5) is 0 Å². The van der Waals surface area contributed by atoms with Gasteiger partial charge in [0, 0.05) is 31.0 Å². The molecule has 3 aliphatic carbocycles. The van der Waals surface area contributed by atoms with Gasteiger partial charge in [0.25, 0.3) is 5.91 Å². The van der Waals surface area contributed by atoms with Crippen LogP contribution in [-0.4, -0.2) is 50.6 Å². The van der Waals surface area contributed by atoms with Crippen LogP contribution < -0.4 is 15.8 Å². The lowest BCUT2D eigenvalue weighted by molar-refractivity contribution is -0.147. The Labute approximate surface area is 253 Å². The number of fused-ring (bicyclic) bond motifs is 3. The zero-order valence-corrected chi connectivity index (χ0v) is 24.0. The molecule has 0 saturated heterocycles. The zero-order chi connectivity index (χ0) is 31.3. The van der Waals surface area contributed by atoms with Crippen LogP contribution in [0.15, 0.2) is 77.6 Å². The molecule has 1 fully saturated rings. The summed E-state index contributed by atoms with van der Waals surface area (Å²) in [6.07, 6.45) is -0.0388. The molecule has 0 radical (unpaired) electrons. The molecule has 3 aliphatic rings. The van der Waals surface area contributed by atoms with Crippen LogP contribution in [0, 0.1) is 11.8 Å². The molecule has 226 valence electrons. The first-order valence-corrected chi connectivity index (χ1v) is 14.3. The van der Waals surface area contributed by atoms with Gasteiger partial charge in [0.1, 0.15) is 28.6 Å². The molecular formula is C34H32N2O8. The van der Waals surface area contributed by atoms with Crippen molar-refractivity contribution >= 4 is 23.2 Å². The van der Waals surface area contributed by atoms with Crippen molar-refractivity contribution in [2.75, 3.05) is 7.11 Å². The second-order valence-corrected chi connectivity index (χ2v) is 11.5. The molecule has 1 amide bonds. The fraction of sp³-hybridized carbons (Fsp3) is 0.265. The van der Waals surface area contributed by atoms with Crippen LogP contribution in [0.25, 0.3) is 16.9 Å². The normalized spacial score (nSPS) is 22.8. The number of phenolic OH excluding ortho intramolecular Hbond substituents is 1. The maximum atomic E-state index is 13.7. The molecular weight excluding hydrogens is 564 g/mol. The minimum Gasteiger partial charge on any atom is -0.508 e. The van der Waals surface area contributed by atoms with E-state index in [4.69, 9.17) is 10.5 Å². The highest BCUT2D eigenvalue weighted by Crippen LogP contribution is 2.53. The number of Topliss-reactive ketones (excluding diaryl/α,β-unsaturated/α-hetero) is 2. The number of primary amides is 1. The number of ketones is 2.